The molecule has 0 aliphatic carbocycles. The fourth-order valence-electron chi connectivity index (χ4n) is 3.04. The van der Waals surface area contributed by atoms with E-state index in [0.29, 0.717) is 12.1 Å². The highest BCUT2D eigenvalue weighted by Crippen LogP contribution is 2.27. The molecule has 0 bridgehead atoms. The number of anilines is 1. The summed E-state index contributed by atoms with van der Waals surface area (Å²) in [7, 11) is 3.84. The minimum atomic E-state index is -0.0405. The van der Waals surface area contributed by atoms with Gasteiger partial charge in [0.2, 0.25) is 0 Å². The number of pyridine rings is 1. The van der Waals surface area contributed by atoms with E-state index in [-0.39, 0.29) is 11.9 Å². The zero-order valence-corrected chi connectivity index (χ0v) is 15.1. The molecule has 128 valence electrons. The molecule has 0 saturated carbocycles. The molecule has 5 nitrogen and oxygen atoms in total. The van der Waals surface area contributed by atoms with Crippen molar-refractivity contribution in [1.82, 2.24) is 15.2 Å². The first-order valence-electron chi connectivity index (χ1n) is 8.34. The highest BCUT2D eigenvalue weighted by molar-refractivity contribution is 7.10. The van der Waals surface area contributed by atoms with Crippen molar-refractivity contribution in [2.24, 2.45) is 0 Å². The Labute approximate surface area is 147 Å². The Morgan fingerprint density at radius 3 is 2.83 bits per heavy atom. The number of amides is 1. The number of thiophene rings is 1. The summed E-state index contributed by atoms with van der Waals surface area (Å²) in [6, 6.07) is 8.10. The van der Waals surface area contributed by atoms with Gasteiger partial charge in [0, 0.05) is 37.3 Å². The lowest BCUT2D eigenvalue weighted by molar-refractivity contribution is 0.0938. The highest BCUT2D eigenvalue weighted by Gasteiger charge is 2.24. The van der Waals surface area contributed by atoms with Crippen LogP contribution >= 0.6 is 11.3 Å². The van der Waals surface area contributed by atoms with Gasteiger partial charge in [-0.15, -0.1) is 11.3 Å². The second kappa shape index (κ2) is 7.77. The van der Waals surface area contributed by atoms with E-state index in [0.717, 1.165) is 18.9 Å². The lowest BCUT2D eigenvalue weighted by Crippen LogP contribution is -2.36. The lowest BCUT2D eigenvalue weighted by atomic mass is 10.2. The van der Waals surface area contributed by atoms with Gasteiger partial charge in [0.05, 0.1) is 6.04 Å². The molecule has 1 N–H and O–H groups in total. The maximum atomic E-state index is 12.5. The van der Waals surface area contributed by atoms with Crippen molar-refractivity contribution < 1.29 is 4.79 Å². The largest absolute Gasteiger partial charge is 0.363 e. The predicted molar refractivity (Wildman–Crippen MR) is 98.8 cm³/mol. The Bertz CT molecular complexity index is 665. The Hall–Kier alpha value is -1.92. The molecule has 0 spiro atoms. The summed E-state index contributed by atoms with van der Waals surface area (Å²) >= 11 is 1.76. The van der Waals surface area contributed by atoms with Gasteiger partial charge >= 0.3 is 0 Å². The van der Waals surface area contributed by atoms with Gasteiger partial charge in [-0.25, -0.2) is 4.98 Å². The van der Waals surface area contributed by atoms with Crippen LogP contribution < -0.4 is 10.2 Å². The molecule has 1 aliphatic heterocycles. The van der Waals surface area contributed by atoms with E-state index >= 15 is 0 Å². The van der Waals surface area contributed by atoms with Crippen LogP contribution in [0.1, 0.15) is 34.1 Å². The molecule has 1 fully saturated rings. The molecule has 6 heteroatoms. The van der Waals surface area contributed by atoms with Crippen LogP contribution in [0.15, 0.2) is 35.8 Å². The topological polar surface area (TPSA) is 48.5 Å². The monoisotopic (exact) mass is 344 g/mol. The summed E-state index contributed by atoms with van der Waals surface area (Å²) in [4.78, 5) is 22.5. The van der Waals surface area contributed by atoms with E-state index < -0.39 is 0 Å². The number of nitrogens with zero attached hydrogens (tertiary/aromatic N) is 3. The second-order valence-corrected chi connectivity index (χ2v) is 7.26. The van der Waals surface area contributed by atoms with Crippen LogP contribution in [0.5, 0.6) is 0 Å². The molecule has 1 saturated heterocycles. The second-order valence-electron chi connectivity index (χ2n) is 6.28. The number of carbonyl (C=O) groups is 1. The maximum Gasteiger partial charge on any atom is 0.251 e. The summed E-state index contributed by atoms with van der Waals surface area (Å²) in [6.07, 6.45) is 4.17. The number of likely N-dealkylation sites (tertiary alicyclic amines) is 1. The normalized spacial score (nSPS) is 16.1. The quantitative estimate of drug-likeness (QED) is 0.875. The third kappa shape index (κ3) is 3.94. The van der Waals surface area contributed by atoms with Gasteiger partial charge in [0.1, 0.15) is 5.82 Å². The first-order valence-corrected chi connectivity index (χ1v) is 9.22. The van der Waals surface area contributed by atoms with E-state index in [1.54, 1.807) is 23.6 Å². The van der Waals surface area contributed by atoms with Gasteiger partial charge in [0.25, 0.3) is 5.91 Å². The van der Waals surface area contributed by atoms with Crippen LogP contribution in [-0.4, -0.2) is 49.5 Å². The van der Waals surface area contributed by atoms with E-state index in [4.69, 9.17) is 0 Å². The number of rotatable bonds is 6. The van der Waals surface area contributed by atoms with Crippen LogP contribution in [0.4, 0.5) is 5.82 Å². The molecule has 24 heavy (non-hydrogen) atoms. The van der Waals surface area contributed by atoms with Crippen LogP contribution in [0.3, 0.4) is 0 Å². The van der Waals surface area contributed by atoms with Crippen LogP contribution in [-0.2, 0) is 0 Å². The van der Waals surface area contributed by atoms with Gasteiger partial charge in [-0.3, -0.25) is 9.69 Å². The zero-order chi connectivity index (χ0) is 16.9. The summed E-state index contributed by atoms with van der Waals surface area (Å²) < 4.78 is 0. The first kappa shape index (κ1) is 16.9. The molecule has 3 heterocycles. The Balaban J connectivity index is 1.68. The highest BCUT2D eigenvalue weighted by atomic mass is 32.1. The van der Waals surface area contributed by atoms with Crippen LogP contribution in [0.2, 0.25) is 0 Å². The summed E-state index contributed by atoms with van der Waals surface area (Å²) in [5.41, 5.74) is 0.653. The molecule has 2 aromatic heterocycles. The Morgan fingerprint density at radius 1 is 1.38 bits per heavy atom. The predicted octanol–water partition coefficient (Wildman–Crippen LogP) is 2.78. The summed E-state index contributed by atoms with van der Waals surface area (Å²) in [5, 5.41) is 5.21. The number of nitrogens with one attached hydrogen (secondary N) is 1. The molecule has 1 aliphatic rings. The van der Waals surface area contributed by atoms with E-state index in [9.17, 15) is 4.79 Å². The summed E-state index contributed by atoms with van der Waals surface area (Å²) in [5.74, 6) is 0.748. The maximum absolute atomic E-state index is 12.5. The Morgan fingerprint density at radius 2 is 2.17 bits per heavy atom. The Kier molecular flexibility index (Phi) is 5.48. The molecule has 1 amide bonds. The number of hydrogen-bond donors (Lipinski definition) is 1. The average Bonchev–Trinajstić information content (AvgIpc) is 3.29. The van der Waals surface area contributed by atoms with Gasteiger partial charge in [0.15, 0.2) is 0 Å². The van der Waals surface area contributed by atoms with Crippen LogP contribution in [0.25, 0.3) is 0 Å². The van der Waals surface area contributed by atoms with Gasteiger partial charge in [-0.05, 0) is 49.5 Å². The number of carbonyl (C=O) groups excluding carboxylic acids is 1. The minimum Gasteiger partial charge on any atom is -0.363 e. The van der Waals surface area contributed by atoms with Crippen LogP contribution in [0, 0.1) is 0 Å². The molecule has 3 rings (SSSR count). The first-order chi connectivity index (χ1) is 11.6. The molecule has 0 aromatic carbocycles. The van der Waals surface area contributed by atoms with Gasteiger partial charge in [-0.1, -0.05) is 6.07 Å². The SMILES string of the molecule is CN(C)c1cc(C(=O)NC[C@@H](c2cccs2)N2CCCC2)ccn1. The third-order valence-electron chi connectivity index (χ3n) is 4.37. The molecule has 0 radical (unpaired) electrons. The van der Waals surface area contributed by atoms with Crippen molar-refractivity contribution >= 4 is 23.1 Å². The van der Waals surface area contributed by atoms with Crippen molar-refractivity contribution in [2.75, 3.05) is 38.6 Å². The minimum absolute atomic E-state index is 0.0405. The fourth-order valence-corrected chi connectivity index (χ4v) is 3.90. The van der Waals surface area contributed by atoms with Crippen molar-refractivity contribution in [3.63, 3.8) is 0 Å². The van der Waals surface area contributed by atoms with Crippen molar-refractivity contribution in [2.45, 2.75) is 18.9 Å². The van der Waals surface area contributed by atoms with E-state index in [2.05, 4.69) is 32.7 Å². The molecular weight excluding hydrogens is 320 g/mol. The molecule has 2 aromatic rings. The average molecular weight is 344 g/mol. The van der Waals surface area contributed by atoms with Crippen molar-refractivity contribution in [3.8, 4) is 0 Å². The number of aromatic nitrogens is 1. The van der Waals surface area contributed by atoms with Gasteiger partial charge in [-0.2, -0.15) is 0 Å². The standard InChI is InChI=1S/C18H24N4OS/c1-21(2)17-12-14(7-8-19-17)18(23)20-13-15(16-6-5-11-24-16)22-9-3-4-10-22/h5-8,11-12,15H,3-4,9-10,13H2,1-2H3,(H,20,23)/t15-/m0/s1. The molecular formula is C18H24N4OS. The van der Waals surface area contributed by atoms with E-state index in [1.807, 2.05) is 25.1 Å². The zero-order valence-electron chi connectivity index (χ0n) is 14.2. The number of hydrogen-bond acceptors (Lipinski definition) is 5. The smallest absolute Gasteiger partial charge is 0.251 e. The molecule has 0 unspecified atom stereocenters. The summed E-state index contributed by atoms with van der Waals surface area (Å²) in [6.45, 7) is 2.86. The van der Waals surface area contributed by atoms with Crippen molar-refractivity contribution in [1.29, 1.82) is 0 Å². The lowest BCUT2D eigenvalue weighted by Gasteiger charge is -2.27. The van der Waals surface area contributed by atoms with Crippen molar-refractivity contribution in [3.05, 3.63) is 46.3 Å². The third-order valence-corrected chi connectivity index (χ3v) is 5.35. The fraction of sp³-hybridized carbons (Fsp3) is 0.444. The molecule has 1 atom stereocenters. The van der Waals surface area contributed by atoms with Gasteiger partial charge < -0.3 is 10.2 Å². The van der Waals surface area contributed by atoms with E-state index in [1.165, 1.54) is 17.7 Å².